The van der Waals surface area contributed by atoms with Crippen LogP contribution in [0.15, 0.2) is 24.3 Å². The zero-order valence-corrected chi connectivity index (χ0v) is 11.8. The first kappa shape index (κ1) is 16.6. The monoisotopic (exact) mass is 283 g/mol. The zero-order valence-electron chi connectivity index (χ0n) is 11.8. The molecule has 2 unspecified atom stereocenters. The number of rotatable bonds is 7. The Balaban J connectivity index is 2.57. The summed E-state index contributed by atoms with van der Waals surface area (Å²) >= 11 is 0. The molecule has 0 bridgehead atoms. The highest BCUT2D eigenvalue weighted by atomic mass is 19.1. The highest BCUT2D eigenvalue weighted by molar-refractivity contribution is 5.77. The van der Waals surface area contributed by atoms with E-state index in [0.717, 1.165) is 0 Å². The molecule has 3 N–H and O–H groups in total. The van der Waals surface area contributed by atoms with Crippen LogP contribution < -0.4 is 5.32 Å². The number of amides is 1. The van der Waals surface area contributed by atoms with Crippen molar-refractivity contribution >= 4 is 5.91 Å². The second kappa shape index (κ2) is 7.97. The zero-order chi connectivity index (χ0) is 15.1. The van der Waals surface area contributed by atoms with Crippen LogP contribution >= 0.6 is 0 Å². The van der Waals surface area contributed by atoms with Gasteiger partial charge in [-0.15, -0.1) is 0 Å². The highest BCUT2D eigenvalue weighted by Crippen LogP contribution is 2.17. The number of hydrogen-bond donors (Lipinski definition) is 3. The van der Waals surface area contributed by atoms with Crippen molar-refractivity contribution in [2.75, 3.05) is 6.61 Å². The van der Waals surface area contributed by atoms with E-state index in [-0.39, 0.29) is 30.9 Å². The SMILES string of the molecule is CC(C)C(CCO)NC(=O)CC(O)c1cccc(F)c1. The lowest BCUT2D eigenvalue weighted by molar-refractivity contribution is -0.124. The molecule has 0 aliphatic carbocycles. The minimum absolute atomic E-state index is 0.00439. The summed E-state index contributed by atoms with van der Waals surface area (Å²) in [6, 6.07) is 5.44. The predicted molar refractivity (Wildman–Crippen MR) is 74.4 cm³/mol. The maximum absolute atomic E-state index is 13.0. The Labute approximate surface area is 118 Å². The van der Waals surface area contributed by atoms with Crippen molar-refractivity contribution in [2.24, 2.45) is 5.92 Å². The van der Waals surface area contributed by atoms with E-state index in [1.807, 2.05) is 13.8 Å². The van der Waals surface area contributed by atoms with Gasteiger partial charge in [-0.2, -0.15) is 0 Å². The molecule has 5 heteroatoms. The van der Waals surface area contributed by atoms with Crippen LogP contribution in [0.3, 0.4) is 0 Å². The van der Waals surface area contributed by atoms with Gasteiger partial charge in [0.15, 0.2) is 0 Å². The summed E-state index contributed by atoms with van der Waals surface area (Å²) in [6.07, 6.45) is -0.690. The molecular weight excluding hydrogens is 261 g/mol. The summed E-state index contributed by atoms with van der Waals surface area (Å²) in [4.78, 5) is 11.9. The average molecular weight is 283 g/mol. The van der Waals surface area contributed by atoms with Gasteiger partial charge < -0.3 is 15.5 Å². The Bertz CT molecular complexity index is 437. The number of carbonyl (C=O) groups excluding carboxylic acids is 1. The molecule has 0 saturated carbocycles. The van der Waals surface area contributed by atoms with E-state index in [1.165, 1.54) is 18.2 Å². The van der Waals surface area contributed by atoms with Gasteiger partial charge in [0, 0.05) is 12.6 Å². The quantitative estimate of drug-likeness (QED) is 0.714. The first-order chi connectivity index (χ1) is 9.43. The van der Waals surface area contributed by atoms with Crippen molar-refractivity contribution in [1.29, 1.82) is 0 Å². The lowest BCUT2D eigenvalue weighted by Gasteiger charge is -2.22. The van der Waals surface area contributed by atoms with Gasteiger partial charge in [-0.05, 0) is 30.0 Å². The normalized spacial score (nSPS) is 14.1. The smallest absolute Gasteiger partial charge is 0.223 e. The van der Waals surface area contributed by atoms with Gasteiger partial charge in [-0.1, -0.05) is 26.0 Å². The van der Waals surface area contributed by atoms with E-state index in [4.69, 9.17) is 5.11 Å². The molecule has 1 rings (SSSR count). The van der Waals surface area contributed by atoms with Crippen molar-refractivity contribution in [1.82, 2.24) is 5.32 Å². The third-order valence-corrected chi connectivity index (χ3v) is 3.20. The number of halogens is 1. The molecule has 1 aromatic carbocycles. The van der Waals surface area contributed by atoms with Crippen LogP contribution in [0.5, 0.6) is 0 Å². The molecule has 4 nitrogen and oxygen atoms in total. The molecule has 1 amide bonds. The molecule has 1 aromatic rings. The van der Waals surface area contributed by atoms with E-state index in [9.17, 15) is 14.3 Å². The third kappa shape index (κ3) is 5.27. The molecule has 0 spiro atoms. The van der Waals surface area contributed by atoms with Crippen molar-refractivity contribution in [3.63, 3.8) is 0 Å². The fourth-order valence-corrected chi connectivity index (χ4v) is 1.98. The van der Waals surface area contributed by atoms with Crippen molar-refractivity contribution in [2.45, 2.75) is 38.8 Å². The third-order valence-electron chi connectivity index (χ3n) is 3.20. The standard InChI is InChI=1S/C15H22FNO3/c1-10(2)13(6-7-18)17-15(20)9-14(19)11-4-3-5-12(16)8-11/h3-5,8,10,13-14,18-19H,6-7,9H2,1-2H3,(H,17,20). The van der Waals surface area contributed by atoms with E-state index in [0.29, 0.717) is 12.0 Å². The Morgan fingerprint density at radius 1 is 1.40 bits per heavy atom. The van der Waals surface area contributed by atoms with Gasteiger partial charge in [0.2, 0.25) is 5.91 Å². The first-order valence-electron chi connectivity index (χ1n) is 6.77. The summed E-state index contributed by atoms with van der Waals surface area (Å²) in [7, 11) is 0. The van der Waals surface area contributed by atoms with E-state index < -0.39 is 11.9 Å². The molecule has 0 fully saturated rings. The number of aliphatic hydroxyl groups excluding tert-OH is 2. The van der Waals surface area contributed by atoms with E-state index >= 15 is 0 Å². The second-order valence-electron chi connectivity index (χ2n) is 5.21. The molecule has 0 aliphatic rings. The Morgan fingerprint density at radius 3 is 2.65 bits per heavy atom. The molecule has 2 atom stereocenters. The van der Waals surface area contributed by atoms with Gasteiger partial charge in [-0.25, -0.2) is 4.39 Å². The largest absolute Gasteiger partial charge is 0.396 e. The van der Waals surface area contributed by atoms with Crippen LogP contribution in [0.25, 0.3) is 0 Å². The maximum Gasteiger partial charge on any atom is 0.223 e. The van der Waals surface area contributed by atoms with Crippen LogP contribution in [-0.2, 0) is 4.79 Å². The molecule has 112 valence electrons. The Kier molecular flexibility index (Phi) is 6.61. The topological polar surface area (TPSA) is 69.6 Å². The summed E-state index contributed by atoms with van der Waals surface area (Å²) in [5.74, 6) is -0.561. The van der Waals surface area contributed by atoms with E-state index in [1.54, 1.807) is 6.07 Å². The molecule has 0 aromatic heterocycles. The fraction of sp³-hybridized carbons (Fsp3) is 0.533. The predicted octanol–water partition coefficient (Wildman–Crippen LogP) is 1.77. The van der Waals surface area contributed by atoms with Gasteiger partial charge in [0.25, 0.3) is 0 Å². The summed E-state index contributed by atoms with van der Waals surface area (Å²) < 4.78 is 13.0. The highest BCUT2D eigenvalue weighted by Gasteiger charge is 2.19. The average Bonchev–Trinajstić information content (AvgIpc) is 2.38. The molecule has 0 aliphatic heterocycles. The number of carbonyl (C=O) groups is 1. The molecule has 0 radical (unpaired) electrons. The minimum atomic E-state index is -1.03. The van der Waals surface area contributed by atoms with Crippen molar-refractivity contribution in [3.05, 3.63) is 35.6 Å². The lowest BCUT2D eigenvalue weighted by atomic mass is 10.0. The van der Waals surface area contributed by atoms with Gasteiger partial charge in [-0.3, -0.25) is 4.79 Å². The lowest BCUT2D eigenvalue weighted by Crippen LogP contribution is -2.39. The van der Waals surface area contributed by atoms with Crippen LogP contribution in [0.4, 0.5) is 4.39 Å². The minimum Gasteiger partial charge on any atom is -0.396 e. The first-order valence-corrected chi connectivity index (χ1v) is 6.77. The van der Waals surface area contributed by atoms with Crippen LogP contribution in [0, 0.1) is 11.7 Å². The van der Waals surface area contributed by atoms with Gasteiger partial charge >= 0.3 is 0 Å². The maximum atomic E-state index is 13.0. The second-order valence-corrected chi connectivity index (χ2v) is 5.21. The molecule has 0 saturated heterocycles. The number of aliphatic hydroxyl groups is 2. The van der Waals surface area contributed by atoms with Gasteiger partial charge in [0.1, 0.15) is 5.82 Å². The van der Waals surface area contributed by atoms with E-state index in [2.05, 4.69) is 5.32 Å². The Morgan fingerprint density at radius 2 is 2.10 bits per heavy atom. The van der Waals surface area contributed by atoms with Crippen LogP contribution in [0.2, 0.25) is 0 Å². The molecular formula is C15H22FNO3. The van der Waals surface area contributed by atoms with Crippen molar-refractivity contribution < 1.29 is 19.4 Å². The fourth-order valence-electron chi connectivity index (χ4n) is 1.98. The summed E-state index contributed by atoms with van der Waals surface area (Å²) in [6.45, 7) is 3.89. The Hall–Kier alpha value is -1.46. The number of benzene rings is 1. The van der Waals surface area contributed by atoms with Crippen LogP contribution in [-0.4, -0.2) is 28.8 Å². The van der Waals surface area contributed by atoms with Crippen LogP contribution in [0.1, 0.15) is 38.4 Å². The molecule has 0 heterocycles. The number of hydrogen-bond acceptors (Lipinski definition) is 3. The summed E-state index contributed by atoms with van der Waals surface area (Å²) in [5, 5.41) is 21.6. The number of nitrogens with one attached hydrogen (secondary N) is 1. The molecule has 20 heavy (non-hydrogen) atoms. The van der Waals surface area contributed by atoms with Gasteiger partial charge in [0.05, 0.1) is 12.5 Å². The van der Waals surface area contributed by atoms with Crippen molar-refractivity contribution in [3.8, 4) is 0 Å². The summed E-state index contributed by atoms with van der Waals surface area (Å²) in [5.41, 5.74) is 0.378.